The van der Waals surface area contributed by atoms with Crippen molar-refractivity contribution in [2.24, 2.45) is 0 Å². The number of anilines is 2. The van der Waals surface area contributed by atoms with Gasteiger partial charge in [-0.25, -0.2) is 4.98 Å². The lowest BCUT2D eigenvalue weighted by molar-refractivity contribution is -0.112. The van der Waals surface area contributed by atoms with Crippen LogP contribution in [0.3, 0.4) is 0 Å². The van der Waals surface area contributed by atoms with Gasteiger partial charge in [0.2, 0.25) is 0 Å². The van der Waals surface area contributed by atoms with Gasteiger partial charge in [0.1, 0.15) is 5.15 Å². The number of rotatable bonds is 2. The highest BCUT2D eigenvalue weighted by Crippen LogP contribution is 2.47. The number of hydrogen-bond acceptors (Lipinski definition) is 2. The third-order valence-corrected chi connectivity index (χ3v) is 5.95. The molecule has 0 saturated heterocycles. The largest absolute Gasteiger partial charge is 0.273 e. The zero-order valence-electron chi connectivity index (χ0n) is 15.4. The molecule has 5 rings (SSSR count). The SMILES string of the molecule is O=C1/C(=C\c2cc3ccccc3nc2Cl)c2ccccc2N1c1c(Cl)cccc1Cl. The van der Waals surface area contributed by atoms with Gasteiger partial charge in [0.25, 0.3) is 5.91 Å². The van der Waals surface area contributed by atoms with Crippen LogP contribution in [0, 0.1) is 0 Å². The maximum absolute atomic E-state index is 13.5. The van der Waals surface area contributed by atoms with E-state index in [-0.39, 0.29) is 5.91 Å². The monoisotopic (exact) mass is 450 g/mol. The van der Waals surface area contributed by atoms with E-state index in [1.807, 2.05) is 54.6 Å². The van der Waals surface area contributed by atoms with E-state index in [2.05, 4.69) is 4.98 Å². The number of pyridine rings is 1. The minimum atomic E-state index is -0.226. The van der Waals surface area contributed by atoms with Crippen molar-refractivity contribution in [1.29, 1.82) is 0 Å². The zero-order valence-corrected chi connectivity index (χ0v) is 17.7. The minimum absolute atomic E-state index is 0.226. The van der Waals surface area contributed by atoms with Crippen LogP contribution in [0.1, 0.15) is 11.1 Å². The molecule has 1 aliphatic heterocycles. The zero-order chi connectivity index (χ0) is 20.8. The fourth-order valence-electron chi connectivity index (χ4n) is 3.67. The first-order valence-corrected chi connectivity index (χ1v) is 10.3. The predicted octanol–water partition coefficient (Wildman–Crippen LogP) is 7.41. The number of carbonyl (C=O) groups excluding carboxylic acids is 1. The Morgan fingerprint density at radius 3 is 2.33 bits per heavy atom. The van der Waals surface area contributed by atoms with E-state index in [0.29, 0.717) is 37.7 Å². The lowest BCUT2D eigenvalue weighted by Gasteiger charge is -2.20. The second-order valence-corrected chi connectivity index (χ2v) is 8.02. The van der Waals surface area contributed by atoms with E-state index >= 15 is 0 Å². The van der Waals surface area contributed by atoms with Gasteiger partial charge in [0.15, 0.2) is 0 Å². The van der Waals surface area contributed by atoms with Gasteiger partial charge in [-0.2, -0.15) is 0 Å². The quantitative estimate of drug-likeness (QED) is 0.235. The van der Waals surface area contributed by atoms with Crippen LogP contribution in [0.5, 0.6) is 0 Å². The highest BCUT2D eigenvalue weighted by atomic mass is 35.5. The second-order valence-electron chi connectivity index (χ2n) is 6.85. The molecule has 146 valence electrons. The molecule has 3 nitrogen and oxygen atoms in total. The number of carbonyl (C=O) groups is 1. The molecule has 1 aliphatic rings. The average Bonchev–Trinajstić information content (AvgIpc) is 3.00. The highest BCUT2D eigenvalue weighted by Gasteiger charge is 2.35. The molecule has 4 aromatic rings. The number of halogens is 3. The molecule has 0 aliphatic carbocycles. The number of aromatic nitrogens is 1. The van der Waals surface area contributed by atoms with Gasteiger partial charge >= 0.3 is 0 Å². The maximum Gasteiger partial charge on any atom is 0.263 e. The summed E-state index contributed by atoms with van der Waals surface area (Å²) in [5.74, 6) is -0.226. The molecule has 30 heavy (non-hydrogen) atoms. The Morgan fingerprint density at radius 2 is 1.53 bits per heavy atom. The van der Waals surface area contributed by atoms with E-state index in [0.717, 1.165) is 16.5 Å². The molecule has 6 heteroatoms. The van der Waals surface area contributed by atoms with E-state index in [1.165, 1.54) is 0 Å². The van der Waals surface area contributed by atoms with Crippen LogP contribution in [-0.4, -0.2) is 10.9 Å². The number of nitrogens with zero attached hydrogens (tertiary/aromatic N) is 2. The van der Waals surface area contributed by atoms with Crippen LogP contribution in [0.25, 0.3) is 22.6 Å². The van der Waals surface area contributed by atoms with Crippen LogP contribution in [0.15, 0.2) is 72.8 Å². The summed E-state index contributed by atoms with van der Waals surface area (Å²) in [6.07, 6.45) is 1.77. The van der Waals surface area contributed by atoms with E-state index < -0.39 is 0 Å². The lowest BCUT2D eigenvalue weighted by atomic mass is 10.0. The van der Waals surface area contributed by atoms with E-state index in [9.17, 15) is 4.79 Å². The van der Waals surface area contributed by atoms with Gasteiger partial charge in [-0.3, -0.25) is 9.69 Å². The predicted molar refractivity (Wildman–Crippen MR) is 125 cm³/mol. The van der Waals surface area contributed by atoms with Crippen molar-refractivity contribution >= 4 is 74.6 Å². The Balaban J connectivity index is 1.71. The van der Waals surface area contributed by atoms with Gasteiger partial charge in [-0.1, -0.05) is 77.3 Å². The van der Waals surface area contributed by atoms with Crippen LogP contribution < -0.4 is 4.90 Å². The van der Waals surface area contributed by atoms with Crippen LogP contribution in [0.2, 0.25) is 15.2 Å². The molecular weight excluding hydrogens is 439 g/mol. The van der Waals surface area contributed by atoms with Crippen molar-refractivity contribution in [1.82, 2.24) is 4.98 Å². The summed E-state index contributed by atoms with van der Waals surface area (Å²) >= 11 is 19.3. The summed E-state index contributed by atoms with van der Waals surface area (Å²) < 4.78 is 0. The number of benzene rings is 3. The van der Waals surface area contributed by atoms with Crippen LogP contribution >= 0.6 is 34.8 Å². The standard InChI is InChI=1S/C24H13Cl3N2O/c25-18-8-5-9-19(26)22(18)29-21-11-4-2-7-16(21)17(24(29)30)13-15-12-14-6-1-3-10-20(14)28-23(15)27/h1-13H/b17-13-. The molecule has 1 amide bonds. The normalized spacial score (nSPS) is 14.6. The summed E-state index contributed by atoms with van der Waals surface area (Å²) in [4.78, 5) is 19.5. The summed E-state index contributed by atoms with van der Waals surface area (Å²) in [6, 6.07) is 22.3. The Hall–Kier alpha value is -2.85. The third-order valence-electron chi connectivity index (χ3n) is 5.03. The minimum Gasteiger partial charge on any atom is -0.273 e. The van der Waals surface area contributed by atoms with Gasteiger partial charge in [-0.05, 0) is 36.4 Å². The highest BCUT2D eigenvalue weighted by molar-refractivity contribution is 6.45. The summed E-state index contributed by atoms with van der Waals surface area (Å²) in [5.41, 5.74) is 3.93. The molecule has 0 radical (unpaired) electrons. The number of para-hydroxylation sites is 3. The van der Waals surface area contributed by atoms with Crippen molar-refractivity contribution in [3.63, 3.8) is 0 Å². The summed E-state index contributed by atoms with van der Waals surface area (Å²) in [7, 11) is 0. The van der Waals surface area contributed by atoms with Gasteiger partial charge in [-0.15, -0.1) is 0 Å². The average molecular weight is 452 g/mol. The van der Waals surface area contributed by atoms with Crippen molar-refractivity contribution < 1.29 is 4.79 Å². The smallest absolute Gasteiger partial charge is 0.263 e. The fourth-order valence-corrected chi connectivity index (χ4v) is 4.44. The molecule has 0 fully saturated rings. The first kappa shape index (κ1) is 19.1. The van der Waals surface area contributed by atoms with Crippen LogP contribution in [0.4, 0.5) is 11.4 Å². The Bertz CT molecular complexity index is 1340. The number of hydrogen-bond donors (Lipinski definition) is 0. The summed E-state index contributed by atoms with van der Waals surface area (Å²) in [6.45, 7) is 0. The van der Waals surface area contributed by atoms with E-state index in [1.54, 1.807) is 29.2 Å². The molecule has 0 saturated carbocycles. The third kappa shape index (κ3) is 3.07. The van der Waals surface area contributed by atoms with Crippen molar-refractivity contribution in [3.8, 4) is 0 Å². The van der Waals surface area contributed by atoms with Gasteiger partial charge < -0.3 is 0 Å². The van der Waals surface area contributed by atoms with Crippen LogP contribution in [-0.2, 0) is 4.79 Å². The van der Waals surface area contributed by atoms with Crippen molar-refractivity contribution in [2.75, 3.05) is 4.90 Å². The Kier molecular flexibility index (Phi) is 4.75. The van der Waals surface area contributed by atoms with Crippen molar-refractivity contribution in [2.45, 2.75) is 0 Å². The molecule has 0 bridgehead atoms. The number of fused-ring (bicyclic) bond motifs is 2. The van der Waals surface area contributed by atoms with Gasteiger partial charge in [0.05, 0.1) is 32.5 Å². The molecule has 1 aromatic heterocycles. The van der Waals surface area contributed by atoms with Crippen molar-refractivity contribution in [3.05, 3.63) is 99.1 Å². The summed E-state index contributed by atoms with van der Waals surface area (Å²) in [5, 5.41) is 2.08. The molecule has 0 atom stereocenters. The maximum atomic E-state index is 13.5. The molecule has 3 aromatic carbocycles. The molecular formula is C24H13Cl3N2O. The lowest BCUT2D eigenvalue weighted by Crippen LogP contribution is -2.21. The van der Waals surface area contributed by atoms with Gasteiger partial charge in [0, 0.05) is 16.5 Å². The molecule has 0 spiro atoms. The number of amides is 1. The molecule has 0 unspecified atom stereocenters. The first-order valence-electron chi connectivity index (χ1n) is 9.19. The second kappa shape index (κ2) is 7.44. The Morgan fingerprint density at radius 1 is 0.833 bits per heavy atom. The molecule has 0 N–H and O–H groups in total. The fraction of sp³-hybridized carbons (Fsp3) is 0. The first-order chi connectivity index (χ1) is 14.5. The van der Waals surface area contributed by atoms with E-state index in [4.69, 9.17) is 34.8 Å². The molecule has 2 heterocycles. The topological polar surface area (TPSA) is 33.2 Å². The Labute approximate surface area is 188 Å².